The number of hydrogen-bond donors (Lipinski definition) is 0. The van der Waals surface area contributed by atoms with Crippen LogP contribution in [0.15, 0.2) is 24.3 Å². The Morgan fingerprint density at radius 2 is 1.93 bits per heavy atom. The van der Waals surface area contributed by atoms with Crippen LogP contribution in [0.3, 0.4) is 0 Å². The van der Waals surface area contributed by atoms with Crippen LogP contribution in [0.5, 0.6) is 0 Å². The monoisotopic (exact) mass is 194 g/mol. The maximum atomic E-state index is 13.5. The van der Waals surface area contributed by atoms with E-state index in [1.807, 2.05) is 12.1 Å². The highest BCUT2D eigenvalue weighted by atomic mass is 19.1. The Bertz CT molecular complexity index is 301. The summed E-state index contributed by atoms with van der Waals surface area (Å²) in [7, 11) is 0. The summed E-state index contributed by atoms with van der Waals surface area (Å²) in [5.41, 5.74) is -0.254. The fourth-order valence-electron chi connectivity index (χ4n) is 1.35. The van der Waals surface area contributed by atoms with Crippen LogP contribution in [0, 0.1) is 0 Å². The minimum Gasteiger partial charge on any atom is -0.299 e. The quantitative estimate of drug-likeness (QED) is 0.673. The normalized spacial score (nSPS) is 14.8. The summed E-state index contributed by atoms with van der Waals surface area (Å²) in [5.74, 6) is 0. The number of halogens is 1. The van der Waals surface area contributed by atoms with Crippen LogP contribution in [0.2, 0.25) is 0 Å². The highest BCUT2D eigenvalue weighted by Crippen LogP contribution is 2.23. The van der Waals surface area contributed by atoms with Gasteiger partial charge < -0.3 is 0 Å². The molecule has 0 aliphatic rings. The number of carbonyl (C=O) groups excluding carboxylic acids is 1. The third kappa shape index (κ3) is 2.41. The Hall–Kier alpha value is -1.18. The predicted octanol–water partition coefficient (Wildman–Crippen LogP) is 3.02. The van der Waals surface area contributed by atoms with Gasteiger partial charge in [-0.3, -0.25) is 4.79 Å². The van der Waals surface area contributed by atoms with Crippen LogP contribution in [0.25, 0.3) is 0 Å². The lowest BCUT2D eigenvalue weighted by molar-refractivity contribution is -0.117. The molecule has 1 aromatic rings. The lowest BCUT2D eigenvalue weighted by atomic mass is 9.97. The van der Waals surface area contributed by atoms with Gasteiger partial charge in [-0.2, -0.15) is 0 Å². The Labute approximate surface area is 83.9 Å². The molecule has 1 rings (SSSR count). The summed E-state index contributed by atoms with van der Waals surface area (Å²) in [6.07, 6.45) is 2.39. The van der Waals surface area contributed by atoms with Crippen LogP contribution < -0.4 is 0 Å². The van der Waals surface area contributed by atoms with Crippen molar-refractivity contribution in [3.63, 3.8) is 0 Å². The van der Waals surface area contributed by atoms with E-state index >= 15 is 0 Å². The lowest BCUT2D eigenvalue weighted by Gasteiger charge is -2.13. The third-order valence-electron chi connectivity index (χ3n) is 2.28. The van der Waals surface area contributed by atoms with Gasteiger partial charge in [0.15, 0.2) is 12.0 Å². The number of aldehydes is 1. The molecule has 0 aliphatic carbocycles. The first-order chi connectivity index (χ1) is 6.60. The standard InChI is InChI=1S/C12H15FO/c1-3-4-10-5-7-11(8-6-10)12(2,13)9-14/h5-9H,3-4H2,1-2H3. The average molecular weight is 194 g/mol. The van der Waals surface area contributed by atoms with Gasteiger partial charge in [0.2, 0.25) is 0 Å². The summed E-state index contributed by atoms with van der Waals surface area (Å²) in [5, 5.41) is 0. The van der Waals surface area contributed by atoms with Crippen molar-refractivity contribution in [1.29, 1.82) is 0 Å². The minimum atomic E-state index is -1.86. The fourth-order valence-corrected chi connectivity index (χ4v) is 1.35. The minimum absolute atomic E-state index is 0.335. The van der Waals surface area contributed by atoms with Crippen LogP contribution >= 0.6 is 0 Å². The van der Waals surface area contributed by atoms with Gasteiger partial charge in [0.25, 0.3) is 0 Å². The van der Waals surface area contributed by atoms with Crippen LogP contribution in [0.1, 0.15) is 31.4 Å². The van der Waals surface area contributed by atoms with E-state index in [9.17, 15) is 9.18 Å². The van der Waals surface area contributed by atoms with Crippen LogP contribution in [-0.4, -0.2) is 6.29 Å². The van der Waals surface area contributed by atoms with Crippen molar-refractivity contribution >= 4 is 6.29 Å². The summed E-state index contributed by atoms with van der Waals surface area (Å²) < 4.78 is 13.5. The molecule has 0 amide bonds. The van der Waals surface area contributed by atoms with Gasteiger partial charge in [-0.1, -0.05) is 37.6 Å². The smallest absolute Gasteiger partial charge is 0.187 e. The van der Waals surface area contributed by atoms with E-state index in [0.29, 0.717) is 11.8 Å². The van der Waals surface area contributed by atoms with Gasteiger partial charge in [0.1, 0.15) is 0 Å². The van der Waals surface area contributed by atoms with Crippen molar-refractivity contribution in [2.24, 2.45) is 0 Å². The van der Waals surface area contributed by atoms with Gasteiger partial charge in [-0.15, -0.1) is 0 Å². The van der Waals surface area contributed by atoms with Crippen molar-refractivity contribution in [3.8, 4) is 0 Å². The summed E-state index contributed by atoms with van der Waals surface area (Å²) in [6.45, 7) is 3.37. The first kappa shape index (κ1) is 10.9. The van der Waals surface area contributed by atoms with Gasteiger partial charge in [-0.05, 0) is 24.5 Å². The molecule has 0 heterocycles. The van der Waals surface area contributed by atoms with Crippen molar-refractivity contribution in [2.45, 2.75) is 32.4 Å². The highest BCUT2D eigenvalue weighted by molar-refractivity contribution is 5.65. The molecule has 0 N–H and O–H groups in total. The van der Waals surface area contributed by atoms with E-state index in [1.165, 1.54) is 12.5 Å². The molecule has 1 nitrogen and oxygen atoms in total. The number of aryl methyl sites for hydroxylation is 1. The second-order valence-electron chi connectivity index (χ2n) is 3.64. The van der Waals surface area contributed by atoms with Gasteiger partial charge >= 0.3 is 0 Å². The lowest BCUT2D eigenvalue weighted by Crippen LogP contribution is -2.16. The zero-order valence-electron chi connectivity index (χ0n) is 8.59. The maximum absolute atomic E-state index is 13.5. The number of rotatable bonds is 4. The van der Waals surface area contributed by atoms with Gasteiger partial charge in [0.05, 0.1) is 0 Å². The molecule has 1 atom stereocenters. The molecule has 0 saturated carbocycles. The van der Waals surface area contributed by atoms with Crippen LogP contribution in [-0.2, 0) is 16.9 Å². The molecule has 1 unspecified atom stereocenters. The highest BCUT2D eigenvalue weighted by Gasteiger charge is 2.24. The summed E-state index contributed by atoms with van der Waals surface area (Å²) in [6, 6.07) is 7.11. The molecule has 0 aromatic heterocycles. The molecular formula is C12H15FO. The number of alkyl halides is 1. The predicted molar refractivity (Wildman–Crippen MR) is 55.0 cm³/mol. The Balaban J connectivity index is 2.88. The fraction of sp³-hybridized carbons (Fsp3) is 0.417. The zero-order valence-corrected chi connectivity index (χ0v) is 8.59. The molecule has 0 spiro atoms. The number of carbonyl (C=O) groups is 1. The second-order valence-corrected chi connectivity index (χ2v) is 3.64. The van der Waals surface area contributed by atoms with Gasteiger partial charge in [-0.25, -0.2) is 4.39 Å². The maximum Gasteiger partial charge on any atom is 0.187 e. The Morgan fingerprint density at radius 3 is 2.36 bits per heavy atom. The third-order valence-corrected chi connectivity index (χ3v) is 2.28. The van der Waals surface area contributed by atoms with E-state index < -0.39 is 5.67 Å². The van der Waals surface area contributed by atoms with E-state index in [2.05, 4.69) is 6.92 Å². The molecular weight excluding hydrogens is 179 g/mol. The van der Waals surface area contributed by atoms with Crippen molar-refractivity contribution < 1.29 is 9.18 Å². The number of hydrogen-bond acceptors (Lipinski definition) is 1. The average Bonchev–Trinajstić information content (AvgIpc) is 2.19. The number of benzene rings is 1. The van der Waals surface area contributed by atoms with Crippen molar-refractivity contribution in [1.82, 2.24) is 0 Å². The summed E-state index contributed by atoms with van der Waals surface area (Å²) >= 11 is 0. The molecule has 0 saturated heterocycles. The van der Waals surface area contributed by atoms with E-state index in [0.717, 1.165) is 12.8 Å². The topological polar surface area (TPSA) is 17.1 Å². The second kappa shape index (κ2) is 4.36. The van der Waals surface area contributed by atoms with Gasteiger partial charge in [0, 0.05) is 0 Å². The first-order valence-corrected chi connectivity index (χ1v) is 4.85. The molecule has 0 aliphatic heterocycles. The van der Waals surface area contributed by atoms with E-state index in [1.54, 1.807) is 12.1 Å². The SMILES string of the molecule is CCCc1ccc(C(C)(F)C=O)cc1. The van der Waals surface area contributed by atoms with E-state index in [4.69, 9.17) is 0 Å². The largest absolute Gasteiger partial charge is 0.299 e. The van der Waals surface area contributed by atoms with Crippen molar-refractivity contribution in [3.05, 3.63) is 35.4 Å². The Morgan fingerprint density at radius 1 is 1.36 bits per heavy atom. The molecule has 76 valence electrons. The molecule has 1 aromatic carbocycles. The zero-order chi connectivity index (χ0) is 10.6. The molecule has 2 heteroatoms. The van der Waals surface area contributed by atoms with E-state index in [-0.39, 0.29) is 0 Å². The first-order valence-electron chi connectivity index (χ1n) is 4.85. The van der Waals surface area contributed by atoms with Crippen LogP contribution in [0.4, 0.5) is 4.39 Å². The molecule has 0 fully saturated rings. The van der Waals surface area contributed by atoms with Crippen molar-refractivity contribution in [2.75, 3.05) is 0 Å². The molecule has 0 bridgehead atoms. The Kier molecular flexibility index (Phi) is 3.39. The summed E-state index contributed by atoms with van der Waals surface area (Å²) in [4.78, 5) is 10.5. The molecule has 14 heavy (non-hydrogen) atoms. The molecule has 0 radical (unpaired) electrons.